The highest BCUT2D eigenvalue weighted by Crippen LogP contribution is 2.25. The van der Waals surface area contributed by atoms with Crippen molar-refractivity contribution in [2.75, 3.05) is 0 Å². The van der Waals surface area contributed by atoms with Gasteiger partial charge in [0, 0.05) is 6.07 Å². The van der Waals surface area contributed by atoms with Crippen molar-refractivity contribution >= 4 is 21.8 Å². The smallest absolute Gasteiger partial charge is 0.357 e. The second-order valence-electron chi connectivity index (χ2n) is 7.02. The van der Waals surface area contributed by atoms with E-state index in [-0.39, 0.29) is 12.3 Å². The normalized spacial score (nSPS) is 11.1. The van der Waals surface area contributed by atoms with Crippen LogP contribution in [-0.4, -0.2) is 4.73 Å². The van der Waals surface area contributed by atoms with Crippen LogP contribution in [0.5, 0.6) is 0 Å². The maximum Gasteiger partial charge on any atom is 0.357 e. The first-order chi connectivity index (χ1) is 14.7. The second kappa shape index (κ2) is 7.37. The molecular weight excluding hydrogens is 376 g/mol. The van der Waals surface area contributed by atoms with Gasteiger partial charge in [0.15, 0.2) is 5.52 Å². The number of hydrogen-bond donors (Lipinski definition) is 0. The summed E-state index contributed by atoms with van der Waals surface area (Å²) in [7, 11) is 0. The first-order valence-corrected chi connectivity index (χ1v) is 9.67. The molecule has 5 nitrogen and oxygen atoms in total. The zero-order chi connectivity index (χ0) is 20.5. The van der Waals surface area contributed by atoms with Gasteiger partial charge in [0.25, 0.3) is 5.69 Å². The summed E-state index contributed by atoms with van der Waals surface area (Å²) in [6.45, 7) is 0.211. The Morgan fingerprint density at radius 2 is 1.50 bits per heavy atom. The summed E-state index contributed by atoms with van der Waals surface area (Å²) in [5.41, 5.74) is 1.86. The molecule has 0 aliphatic rings. The highest BCUT2D eigenvalue weighted by molar-refractivity contribution is 5.95. The van der Waals surface area contributed by atoms with Gasteiger partial charge in [-0.2, -0.15) is 4.73 Å². The Balaban J connectivity index is 1.76. The summed E-state index contributed by atoms with van der Waals surface area (Å²) in [6.07, 6.45) is 0. The zero-order valence-corrected chi connectivity index (χ0v) is 16.1. The van der Waals surface area contributed by atoms with E-state index in [0.717, 1.165) is 16.3 Å². The van der Waals surface area contributed by atoms with Crippen LogP contribution in [0.15, 0.2) is 102 Å². The van der Waals surface area contributed by atoms with E-state index in [1.165, 1.54) is 4.73 Å². The van der Waals surface area contributed by atoms with E-state index in [1.807, 2.05) is 66.7 Å². The third-order valence-electron chi connectivity index (χ3n) is 5.16. The van der Waals surface area contributed by atoms with Gasteiger partial charge in [-0.1, -0.05) is 78.9 Å². The van der Waals surface area contributed by atoms with E-state index in [9.17, 15) is 10.0 Å². The van der Waals surface area contributed by atoms with Crippen LogP contribution in [-0.2, 0) is 6.61 Å². The van der Waals surface area contributed by atoms with Crippen molar-refractivity contribution in [3.63, 3.8) is 0 Å². The highest BCUT2D eigenvalue weighted by Gasteiger charge is 2.24. The Morgan fingerprint density at radius 3 is 2.37 bits per heavy atom. The fourth-order valence-corrected chi connectivity index (χ4v) is 3.72. The molecule has 0 aliphatic heterocycles. The lowest BCUT2D eigenvalue weighted by atomic mass is 10.0. The molecule has 0 N–H and O–H groups in total. The molecule has 5 heteroatoms. The lowest BCUT2D eigenvalue weighted by Crippen LogP contribution is -2.42. The molecule has 0 fully saturated rings. The standard InChI is InChI=1S/C25H18N2O3/c28-25-24(21-14-8-12-19-11-4-5-13-20(19)21)26(29)22-15-6-7-16-23(22)27(25)30-17-18-9-2-1-3-10-18/h1-16H,17H2. The van der Waals surface area contributed by atoms with Crippen LogP contribution in [0.2, 0.25) is 0 Å². The first kappa shape index (κ1) is 17.9. The summed E-state index contributed by atoms with van der Waals surface area (Å²) in [4.78, 5) is 19.4. The summed E-state index contributed by atoms with van der Waals surface area (Å²) in [5.74, 6) is 0. The molecule has 5 rings (SSSR count). The van der Waals surface area contributed by atoms with Crippen molar-refractivity contribution in [1.82, 2.24) is 4.73 Å². The summed E-state index contributed by atoms with van der Waals surface area (Å²) < 4.78 is 1.94. The lowest BCUT2D eigenvalue weighted by Gasteiger charge is -2.15. The molecule has 4 aromatic carbocycles. The minimum Gasteiger partial charge on any atom is -0.618 e. The van der Waals surface area contributed by atoms with Crippen molar-refractivity contribution in [3.05, 3.63) is 118 Å². The number of fused-ring (bicyclic) bond motifs is 2. The average molecular weight is 394 g/mol. The van der Waals surface area contributed by atoms with Crippen molar-refractivity contribution < 1.29 is 9.57 Å². The van der Waals surface area contributed by atoms with Crippen LogP contribution in [0.25, 0.3) is 33.1 Å². The summed E-state index contributed by atoms with van der Waals surface area (Å²) in [5, 5.41) is 15.1. The van der Waals surface area contributed by atoms with E-state index in [0.29, 0.717) is 21.3 Å². The quantitative estimate of drug-likeness (QED) is 0.341. The monoisotopic (exact) mass is 394 g/mol. The number of aromatic nitrogens is 2. The lowest BCUT2D eigenvalue weighted by molar-refractivity contribution is -0.566. The molecule has 0 amide bonds. The van der Waals surface area contributed by atoms with E-state index >= 15 is 0 Å². The molecule has 0 spiro atoms. The molecular formula is C25H18N2O3. The predicted octanol–water partition coefficient (Wildman–Crippen LogP) is 4.08. The number of benzene rings is 4. The summed E-state index contributed by atoms with van der Waals surface area (Å²) >= 11 is 0. The molecule has 146 valence electrons. The minimum atomic E-state index is -0.490. The van der Waals surface area contributed by atoms with Gasteiger partial charge < -0.3 is 10.0 Å². The molecule has 0 unspecified atom stereocenters. The number of hydrogen-bond acceptors (Lipinski definition) is 3. The number of rotatable bonds is 4. The Labute approximate surface area is 172 Å². The van der Waals surface area contributed by atoms with Crippen molar-refractivity contribution in [2.45, 2.75) is 6.61 Å². The maximum absolute atomic E-state index is 13.5. The predicted molar refractivity (Wildman–Crippen MR) is 117 cm³/mol. The van der Waals surface area contributed by atoms with Crippen molar-refractivity contribution in [1.29, 1.82) is 0 Å². The molecule has 5 aromatic rings. The van der Waals surface area contributed by atoms with Gasteiger partial charge in [0.2, 0.25) is 5.52 Å². The third-order valence-corrected chi connectivity index (χ3v) is 5.16. The molecule has 0 bridgehead atoms. The van der Waals surface area contributed by atoms with E-state index in [1.54, 1.807) is 30.3 Å². The van der Waals surface area contributed by atoms with Crippen LogP contribution in [0.1, 0.15) is 5.56 Å². The fourth-order valence-electron chi connectivity index (χ4n) is 3.72. The van der Waals surface area contributed by atoms with Crippen molar-refractivity contribution in [3.8, 4) is 11.3 Å². The SMILES string of the molecule is O=c1c(-c2cccc3ccccc23)[n+]([O-])c2ccccc2n1OCc1ccccc1. The number of nitrogens with zero attached hydrogens (tertiary/aromatic N) is 2. The van der Waals surface area contributed by atoms with Gasteiger partial charge >= 0.3 is 5.56 Å². The molecule has 1 heterocycles. The zero-order valence-electron chi connectivity index (χ0n) is 16.1. The Kier molecular flexibility index (Phi) is 4.41. The van der Waals surface area contributed by atoms with Gasteiger partial charge in [0.1, 0.15) is 6.61 Å². The van der Waals surface area contributed by atoms with E-state index in [2.05, 4.69) is 0 Å². The average Bonchev–Trinajstić information content (AvgIpc) is 2.80. The fraction of sp³-hybridized carbons (Fsp3) is 0.0400. The second-order valence-corrected chi connectivity index (χ2v) is 7.02. The van der Waals surface area contributed by atoms with Crippen LogP contribution in [0.4, 0.5) is 0 Å². The Hall–Kier alpha value is -4.12. The number of para-hydroxylation sites is 2. The third kappa shape index (κ3) is 2.97. The molecule has 0 atom stereocenters. The van der Waals surface area contributed by atoms with Gasteiger partial charge in [-0.3, -0.25) is 4.79 Å². The minimum absolute atomic E-state index is 0.0403. The molecule has 0 saturated carbocycles. The van der Waals surface area contributed by atoms with Crippen LogP contribution in [0, 0.1) is 5.21 Å². The molecule has 0 radical (unpaired) electrons. The molecule has 30 heavy (non-hydrogen) atoms. The van der Waals surface area contributed by atoms with Crippen molar-refractivity contribution in [2.24, 2.45) is 0 Å². The highest BCUT2D eigenvalue weighted by atomic mass is 16.7. The topological polar surface area (TPSA) is 58.2 Å². The first-order valence-electron chi connectivity index (χ1n) is 9.67. The Bertz CT molecular complexity index is 1420. The van der Waals surface area contributed by atoms with Gasteiger partial charge in [-0.05, 0) is 28.5 Å². The van der Waals surface area contributed by atoms with E-state index in [4.69, 9.17) is 4.84 Å². The van der Waals surface area contributed by atoms with Crippen LogP contribution in [0.3, 0.4) is 0 Å². The summed E-state index contributed by atoms with van der Waals surface area (Å²) in [6, 6.07) is 29.9. The van der Waals surface area contributed by atoms with Gasteiger partial charge in [-0.15, -0.1) is 4.73 Å². The molecule has 0 aliphatic carbocycles. The maximum atomic E-state index is 13.5. The van der Waals surface area contributed by atoms with Gasteiger partial charge in [0.05, 0.1) is 5.56 Å². The molecule has 1 aromatic heterocycles. The molecule has 0 saturated heterocycles. The van der Waals surface area contributed by atoms with Crippen LogP contribution < -0.4 is 15.1 Å². The largest absolute Gasteiger partial charge is 0.618 e. The van der Waals surface area contributed by atoms with E-state index < -0.39 is 5.56 Å². The van der Waals surface area contributed by atoms with Crippen LogP contribution >= 0.6 is 0 Å². The Morgan fingerprint density at radius 1 is 0.800 bits per heavy atom. The van der Waals surface area contributed by atoms with Gasteiger partial charge in [-0.25, -0.2) is 0 Å².